The summed E-state index contributed by atoms with van der Waals surface area (Å²) in [5.41, 5.74) is 7.42. The van der Waals surface area contributed by atoms with Gasteiger partial charge in [0.25, 0.3) is 0 Å². The summed E-state index contributed by atoms with van der Waals surface area (Å²) in [6, 6.07) is 5.73. The number of nitrogens with two attached hydrogens (primary N) is 1. The van der Waals surface area contributed by atoms with Crippen LogP contribution in [-0.2, 0) is 11.3 Å². The molecule has 1 aromatic rings. The van der Waals surface area contributed by atoms with Crippen molar-refractivity contribution in [3.8, 4) is 0 Å². The van der Waals surface area contributed by atoms with Crippen molar-refractivity contribution < 1.29 is 4.74 Å². The Morgan fingerprint density at radius 3 is 2.80 bits per heavy atom. The van der Waals surface area contributed by atoms with Crippen molar-refractivity contribution >= 4 is 17.3 Å². The number of halogens is 1. The fraction of sp³-hybridized carbons (Fsp3) is 0.455. The summed E-state index contributed by atoms with van der Waals surface area (Å²) in [6.45, 7) is 2.49. The molecular weight excluding hydrogens is 212 g/mol. The Labute approximate surface area is 95.8 Å². The maximum atomic E-state index is 5.93. The van der Waals surface area contributed by atoms with Crippen LogP contribution in [0.3, 0.4) is 0 Å². The molecule has 0 aliphatic carbocycles. The SMILES string of the molecule is COCCN(C)Cc1ccc(N)c(Cl)c1. The molecule has 0 saturated heterocycles. The van der Waals surface area contributed by atoms with E-state index in [0.717, 1.165) is 25.3 Å². The Hall–Kier alpha value is -0.770. The Bertz CT molecular complexity index is 317. The van der Waals surface area contributed by atoms with Gasteiger partial charge in [0.2, 0.25) is 0 Å². The lowest BCUT2D eigenvalue weighted by molar-refractivity contribution is 0.158. The molecule has 0 atom stereocenters. The summed E-state index contributed by atoms with van der Waals surface area (Å²) in [4.78, 5) is 2.17. The van der Waals surface area contributed by atoms with E-state index in [2.05, 4.69) is 4.90 Å². The number of hydrogen-bond acceptors (Lipinski definition) is 3. The maximum absolute atomic E-state index is 5.93. The highest BCUT2D eigenvalue weighted by Crippen LogP contribution is 2.20. The predicted molar refractivity (Wildman–Crippen MR) is 64.1 cm³/mol. The smallest absolute Gasteiger partial charge is 0.0638 e. The molecule has 0 aromatic heterocycles. The summed E-state index contributed by atoms with van der Waals surface area (Å²) in [7, 11) is 3.75. The number of benzene rings is 1. The van der Waals surface area contributed by atoms with Crippen LogP contribution < -0.4 is 5.73 Å². The second-order valence-electron chi connectivity index (χ2n) is 3.59. The van der Waals surface area contributed by atoms with Gasteiger partial charge in [0, 0.05) is 20.2 Å². The highest BCUT2D eigenvalue weighted by Gasteiger charge is 2.02. The van der Waals surface area contributed by atoms with Gasteiger partial charge in [-0.3, -0.25) is 4.90 Å². The van der Waals surface area contributed by atoms with Crippen LogP contribution in [0.25, 0.3) is 0 Å². The maximum Gasteiger partial charge on any atom is 0.0638 e. The van der Waals surface area contributed by atoms with Gasteiger partial charge in [0.15, 0.2) is 0 Å². The van der Waals surface area contributed by atoms with E-state index in [1.54, 1.807) is 7.11 Å². The summed E-state index contributed by atoms with van der Waals surface area (Å²) in [6.07, 6.45) is 0. The van der Waals surface area contributed by atoms with Gasteiger partial charge >= 0.3 is 0 Å². The second-order valence-corrected chi connectivity index (χ2v) is 3.99. The number of likely N-dealkylation sites (N-methyl/N-ethyl adjacent to an activating group) is 1. The number of anilines is 1. The zero-order valence-electron chi connectivity index (χ0n) is 9.16. The summed E-state index contributed by atoms with van der Waals surface area (Å²) in [5, 5.41) is 0.618. The molecule has 84 valence electrons. The number of hydrogen-bond donors (Lipinski definition) is 1. The zero-order chi connectivity index (χ0) is 11.3. The van der Waals surface area contributed by atoms with Crippen LogP contribution in [0.15, 0.2) is 18.2 Å². The van der Waals surface area contributed by atoms with Crippen molar-refractivity contribution in [3.63, 3.8) is 0 Å². The predicted octanol–water partition coefficient (Wildman–Crippen LogP) is 2.00. The lowest BCUT2D eigenvalue weighted by Gasteiger charge is -2.16. The van der Waals surface area contributed by atoms with Crippen LogP contribution in [0, 0.1) is 0 Å². The summed E-state index contributed by atoms with van der Waals surface area (Å²) >= 11 is 5.93. The highest BCUT2D eigenvalue weighted by molar-refractivity contribution is 6.33. The van der Waals surface area contributed by atoms with Crippen LogP contribution in [0.2, 0.25) is 5.02 Å². The minimum Gasteiger partial charge on any atom is -0.398 e. The van der Waals surface area contributed by atoms with Gasteiger partial charge in [0.05, 0.1) is 17.3 Å². The molecular formula is C11H17ClN2O. The van der Waals surface area contributed by atoms with E-state index in [1.165, 1.54) is 0 Å². The second kappa shape index (κ2) is 5.95. The highest BCUT2D eigenvalue weighted by atomic mass is 35.5. The normalized spacial score (nSPS) is 10.9. The molecule has 2 N–H and O–H groups in total. The fourth-order valence-corrected chi connectivity index (χ4v) is 1.51. The minimum atomic E-state index is 0.618. The van der Waals surface area contributed by atoms with Crippen molar-refractivity contribution in [1.29, 1.82) is 0 Å². The molecule has 1 aromatic carbocycles. The van der Waals surface area contributed by atoms with Gasteiger partial charge in [-0.2, -0.15) is 0 Å². The lowest BCUT2D eigenvalue weighted by Crippen LogP contribution is -2.22. The molecule has 1 rings (SSSR count). The largest absolute Gasteiger partial charge is 0.398 e. The molecule has 0 heterocycles. The van der Waals surface area contributed by atoms with E-state index < -0.39 is 0 Å². The first-order chi connectivity index (χ1) is 7.13. The Kier molecular flexibility index (Phi) is 4.88. The molecule has 0 radical (unpaired) electrons. The minimum absolute atomic E-state index is 0.618. The monoisotopic (exact) mass is 228 g/mol. The van der Waals surface area contributed by atoms with E-state index in [9.17, 15) is 0 Å². The van der Waals surface area contributed by atoms with Gasteiger partial charge < -0.3 is 10.5 Å². The Morgan fingerprint density at radius 2 is 2.20 bits per heavy atom. The summed E-state index contributed by atoms with van der Waals surface area (Å²) in [5.74, 6) is 0. The van der Waals surface area contributed by atoms with E-state index >= 15 is 0 Å². The van der Waals surface area contributed by atoms with Crippen LogP contribution in [0.4, 0.5) is 5.69 Å². The summed E-state index contributed by atoms with van der Waals surface area (Å²) < 4.78 is 5.01. The van der Waals surface area contributed by atoms with Gasteiger partial charge in [-0.25, -0.2) is 0 Å². The number of methoxy groups -OCH3 is 1. The molecule has 0 saturated carbocycles. The first-order valence-corrected chi connectivity index (χ1v) is 5.22. The van der Waals surface area contributed by atoms with E-state index in [1.807, 2.05) is 25.2 Å². The van der Waals surface area contributed by atoms with Crippen LogP contribution in [0.5, 0.6) is 0 Å². The number of rotatable bonds is 5. The molecule has 15 heavy (non-hydrogen) atoms. The van der Waals surface area contributed by atoms with E-state index in [-0.39, 0.29) is 0 Å². The van der Waals surface area contributed by atoms with Gasteiger partial charge in [-0.15, -0.1) is 0 Å². The average Bonchev–Trinajstić information content (AvgIpc) is 2.20. The molecule has 3 nitrogen and oxygen atoms in total. The van der Waals surface area contributed by atoms with Crippen LogP contribution in [0.1, 0.15) is 5.56 Å². The quantitative estimate of drug-likeness (QED) is 0.784. The Balaban J connectivity index is 2.53. The topological polar surface area (TPSA) is 38.5 Å². The number of nitrogens with zero attached hydrogens (tertiary/aromatic N) is 1. The molecule has 0 aliphatic rings. The Morgan fingerprint density at radius 1 is 1.47 bits per heavy atom. The molecule has 0 bridgehead atoms. The number of nitrogen functional groups attached to an aromatic ring is 1. The molecule has 0 unspecified atom stereocenters. The average molecular weight is 229 g/mol. The first-order valence-electron chi connectivity index (χ1n) is 4.85. The number of ether oxygens (including phenoxy) is 1. The standard InChI is InChI=1S/C11H17ClN2O/c1-14(5-6-15-2)8-9-3-4-11(13)10(12)7-9/h3-4,7H,5-6,8,13H2,1-2H3. The molecule has 0 spiro atoms. The molecule has 0 amide bonds. The van der Waals surface area contributed by atoms with Crippen LogP contribution in [-0.4, -0.2) is 32.2 Å². The van der Waals surface area contributed by atoms with Gasteiger partial charge in [-0.05, 0) is 24.7 Å². The van der Waals surface area contributed by atoms with Gasteiger partial charge in [0.1, 0.15) is 0 Å². The van der Waals surface area contributed by atoms with Crippen molar-refractivity contribution in [2.75, 3.05) is 33.0 Å². The van der Waals surface area contributed by atoms with Crippen molar-refractivity contribution in [1.82, 2.24) is 4.90 Å². The third kappa shape index (κ3) is 4.08. The lowest BCUT2D eigenvalue weighted by atomic mass is 10.2. The molecule has 0 fully saturated rings. The van der Waals surface area contributed by atoms with E-state index in [4.69, 9.17) is 22.1 Å². The third-order valence-corrected chi connectivity index (χ3v) is 2.52. The van der Waals surface area contributed by atoms with Crippen molar-refractivity contribution in [2.24, 2.45) is 0 Å². The third-order valence-electron chi connectivity index (χ3n) is 2.19. The van der Waals surface area contributed by atoms with Crippen molar-refractivity contribution in [3.05, 3.63) is 28.8 Å². The van der Waals surface area contributed by atoms with Gasteiger partial charge in [-0.1, -0.05) is 17.7 Å². The van der Waals surface area contributed by atoms with Crippen LogP contribution >= 0.6 is 11.6 Å². The zero-order valence-corrected chi connectivity index (χ0v) is 9.92. The molecule has 4 heteroatoms. The first kappa shape index (κ1) is 12.3. The molecule has 0 aliphatic heterocycles. The van der Waals surface area contributed by atoms with E-state index in [0.29, 0.717) is 10.7 Å². The fourth-order valence-electron chi connectivity index (χ4n) is 1.31. The van der Waals surface area contributed by atoms with Crippen molar-refractivity contribution in [2.45, 2.75) is 6.54 Å².